The number of amides is 2. The Morgan fingerprint density at radius 3 is 2.36 bits per heavy atom. The molecule has 3 aliphatic carbocycles. The molecule has 2 N–H and O–H groups in total. The second kappa shape index (κ2) is 9.74. The minimum Gasteiger partial charge on any atom is -0.464 e. The van der Waals surface area contributed by atoms with E-state index in [1.807, 2.05) is 51.1 Å². The molecule has 7 heteroatoms. The normalized spacial score (nSPS) is 26.4. The minimum atomic E-state index is -0.784. The molecule has 0 aromatic heterocycles. The first kappa shape index (κ1) is 25.1. The van der Waals surface area contributed by atoms with Gasteiger partial charge in [0.25, 0.3) is 0 Å². The molecule has 0 saturated heterocycles. The van der Waals surface area contributed by atoms with Gasteiger partial charge in [0.15, 0.2) is 0 Å². The molecule has 3 saturated carbocycles. The molecule has 3 fully saturated rings. The molecule has 182 valence electrons. The Kier molecular flexibility index (Phi) is 7.39. The maximum absolute atomic E-state index is 13.5. The fourth-order valence-electron chi connectivity index (χ4n) is 5.28. The summed E-state index contributed by atoms with van der Waals surface area (Å²) in [6.45, 7) is 11.8. The molecule has 1 unspecified atom stereocenters. The van der Waals surface area contributed by atoms with Gasteiger partial charge in [-0.2, -0.15) is 0 Å². The lowest BCUT2D eigenvalue weighted by Crippen LogP contribution is -2.66. The van der Waals surface area contributed by atoms with E-state index < -0.39 is 29.6 Å². The third-order valence-corrected chi connectivity index (χ3v) is 7.14. The van der Waals surface area contributed by atoms with Crippen molar-refractivity contribution < 1.29 is 23.9 Å². The van der Waals surface area contributed by atoms with Crippen LogP contribution >= 0.6 is 0 Å². The zero-order valence-corrected chi connectivity index (χ0v) is 20.6. The van der Waals surface area contributed by atoms with Crippen LogP contribution in [0.2, 0.25) is 0 Å². The number of benzene rings is 1. The molecule has 3 aliphatic rings. The molecule has 1 aromatic rings. The summed E-state index contributed by atoms with van der Waals surface area (Å²) in [5, 5.41) is 5.92. The predicted octanol–water partition coefficient (Wildman–Crippen LogP) is 3.85. The summed E-state index contributed by atoms with van der Waals surface area (Å²) in [7, 11) is 0. The highest BCUT2D eigenvalue weighted by molar-refractivity contribution is 5.87. The van der Waals surface area contributed by atoms with Gasteiger partial charge in [-0.1, -0.05) is 44.2 Å². The van der Waals surface area contributed by atoms with Crippen molar-refractivity contribution >= 4 is 18.0 Å². The van der Waals surface area contributed by atoms with E-state index in [0.29, 0.717) is 18.8 Å². The van der Waals surface area contributed by atoms with Crippen molar-refractivity contribution in [3.8, 4) is 0 Å². The number of alkyl carbamates (subject to hydrolysis) is 1. The van der Waals surface area contributed by atoms with Crippen LogP contribution in [0.25, 0.3) is 0 Å². The number of ether oxygens (including phenoxy) is 2. The van der Waals surface area contributed by atoms with Crippen LogP contribution in [-0.2, 0) is 25.5 Å². The molecular formula is C26H38N2O5. The summed E-state index contributed by atoms with van der Waals surface area (Å²) in [5.41, 5.74) is 0.354. The van der Waals surface area contributed by atoms with Gasteiger partial charge < -0.3 is 20.1 Å². The lowest BCUT2D eigenvalue weighted by molar-refractivity contribution is -0.153. The Hall–Kier alpha value is -2.57. The minimum absolute atomic E-state index is 0.0427. The average molecular weight is 459 g/mol. The molecule has 0 radical (unpaired) electrons. The largest absolute Gasteiger partial charge is 0.464 e. The Balaban J connectivity index is 1.76. The topological polar surface area (TPSA) is 93.7 Å². The van der Waals surface area contributed by atoms with E-state index in [0.717, 1.165) is 12.0 Å². The lowest BCUT2D eigenvalue weighted by atomic mass is 9.45. The summed E-state index contributed by atoms with van der Waals surface area (Å²) in [6, 6.07) is 8.42. The van der Waals surface area contributed by atoms with Crippen molar-refractivity contribution in [3.63, 3.8) is 0 Å². The highest BCUT2D eigenvalue weighted by atomic mass is 16.6. The Morgan fingerprint density at radius 1 is 1.12 bits per heavy atom. The highest BCUT2D eigenvalue weighted by Crippen LogP contribution is 2.60. The van der Waals surface area contributed by atoms with Gasteiger partial charge in [-0.05, 0) is 63.4 Å². The molecule has 5 atom stereocenters. The van der Waals surface area contributed by atoms with Crippen molar-refractivity contribution in [1.82, 2.24) is 10.6 Å². The lowest BCUT2D eigenvalue weighted by Gasteiger charge is -2.62. The summed E-state index contributed by atoms with van der Waals surface area (Å²) in [5.74, 6) is -0.523. The Labute approximate surface area is 197 Å². The van der Waals surface area contributed by atoms with Crippen molar-refractivity contribution in [2.24, 2.45) is 23.2 Å². The first-order chi connectivity index (χ1) is 15.4. The van der Waals surface area contributed by atoms with Gasteiger partial charge in [0.05, 0.1) is 12.5 Å². The first-order valence-electron chi connectivity index (χ1n) is 11.9. The van der Waals surface area contributed by atoms with Crippen LogP contribution in [0.3, 0.4) is 0 Å². The van der Waals surface area contributed by atoms with E-state index in [9.17, 15) is 14.4 Å². The predicted molar refractivity (Wildman–Crippen MR) is 125 cm³/mol. The van der Waals surface area contributed by atoms with Crippen molar-refractivity contribution in [1.29, 1.82) is 0 Å². The molecule has 7 nitrogen and oxygen atoms in total. The number of nitrogens with one attached hydrogen (secondary N) is 2. The van der Waals surface area contributed by atoms with Crippen LogP contribution in [0.15, 0.2) is 30.3 Å². The van der Waals surface area contributed by atoms with E-state index in [1.54, 1.807) is 6.92 Å². The SMILES string of the molecule is CCOC(=O)[C@H](Cc1ccccc1)NC(=O)C1C[C@H]2C[C@@H]([C@H]1NC(=O)OC(C)(C)C)C2(C)C. The molecule has 0 spiro atoms. The van der Waals surface area contributed by atoms with E-state index in [2.05, 4.69) is 24.5 Å². The first-order valence-corrected chi connectivity index (χ1v) is 11.9. The third kappa shape index (κ3) is 5.87. The zero-order chi connectivity index (χ0) is 24.4. The number of esters is 1. The molecule has 33 heavy (non-hydrogen) atoms. The summed E-state index contributed by atoms with van der Waals surface area (Å²) < 4.78 is 10.7. The number of rotatable bonds is 7. The smallest absolute Gasteiger partial charge is 0.407 e. The second-order valence-electron chi connectivity index (χ2n) is 10.9. The van der Waals surface area contributed by atoms with Crippen molar-refractivity contribution in [2.45, 2.75) is 78.5 Å². The monoisotopic (exact) mass is 458 g/mol. The van der Waals surface area contributed by atoms with E-state index in [-0.39, 0.29) is 29.9 Å². The fourth-order valence-corrected chi connectivity index (χ4v) is 5.28. The zero-order valence-electron chi connectivity index (χ0n) is 20.6. The third-order valence-electron chi connectivity index (χ3n) is 7.14. The number of fused-ring (bicyclic) bond motifs is 2. The van der Waals surface area contributed by atoms with Gasteiger partial charge in [0.2, 0.25) is 5.91 Å². The maximum Gasteiger partial charge on any atom is 0.407 e. The number of carbonyl (C=O) groups excluding carboxylic acids is 3. The maximum atomic E-state index is 13.5. The van der Waals surface area contributed by atoms with Crippen LogP contribution in [0.4, 0.5) is 4.79 Å². The molecule has 4 rings (SSSR count). The summed E-state index contributed by atoms with van der Waals surface area (Å²) in [6.07, 6.45) is 1.47. The van der Waals surface area contributed by atoms with E-state index >= 15 is 0 Å². The van der Waals surface area contributed by atoms with Gasteiger partial charge in [-0.25, -0.2) is 9.59 Å². The summed E-state index contributed by atoms with van der Waals surface area (Å²) >= 11 is 0. The van der Waals surface area contributed by atoms with E-state index in [1.165, 1.54) is 0 Å². The number of hydrogen-bond acceptors (Lipinski definition) is 5. The molecule has 1 aromatic carbocycles. The number of carbonyl (C=O) groups is 3. The molecular weight excluding hydrogens is 420 g/mol. The standard InChI is InChI=1S/C26H38N2O5/c1-7-32-23(30)20(13-16-11-9-8-10-12-16)27-22(29)18-14-17-15-19(26(17,5)6)21(18)28-24(31)33-25(2,3)4/h8-12,17-21H,7,13-15H2,1-6H3,(H,27,29)(H,28,31)/t17-,18?,19-,20-,21-/m0/s1. The quantitative estimate of drug-likeness (QED) is 0.606. The van der Waals surface area contributed by atoms with Crippen LogP contribution in [0.1, 0.15) is 59.9 Å². The van der Waals surface area contributed by atoms with Gasteiger partial charge in [-0.3, -0.25) is 4.79 Å². The molecule has 2 amide bonds. The summed E-state index contributed by atoms with van der Waals surface area (Å²) in [4.78, 5) is 38.7. The Bertz CT molecular complexity index is 861. The molecule has 0 aliphatic heterocycles. The number of hydrogen-bond donors (Lipinski definition) is 2. The van der Waals surface area contributed by atoms with Crippen molar-refractivity contribution in [2.75, 3.05) is 6.61 Å². The van der Waals surface area contributed by atoms with Gasteiger partial charge >= 0.3 is 12.1 Å². The van der Waals surface area contributed by atoms with Crippen LogP contribution in [-0.4, -0.2) is 42.3 Å². The second-order valence-corrected chi connectivity index (χ2v) is 10.9. The highest BCUT2D eigenvalue weighted by Gasteiger charge is 2.60. The van der Waals surface area contributed by atoms with Gasteiger partial charge in [0, 0.05) is 12.5 Å². The fraction of sp³-hybridized carbons (Fsp3) is 0.654. The molecule has 2 bridgehead atoms. The van der Waals surface area contributed by atoms with Crippen LogP contribution in [0.5, 0.6) is 0 Å². The van der Waals surface area contributed by atoms with E-state index in [4.69, 9.17) is 9.47 Å². The van der Waals surface area contributed by atoms with Gasteiger partial charge in [-0.15, -0.1) is 0 Å². The van der Waals surface area contributed by atoms with Crippen molar-refractivity contribution in [3.05, 3.63) is 35.9 Å². The Morgan fingerprint density at radius 2 is 1.79 bits per heavy atom. The average Bonchev–Trinajstić information content (AvgIpc) is 2.72. The molecule has 0 heterocycles. The van der Waals surface area contributed by atoms with Gasteiger partial charge in [0.1, 0.15) is 11.6 Å². The van der Waals surface area contributed by atoms with Crippen LogP contribution in [0, 0.1) is 23.2 Å². The van der Waals surface area contributed by atoms with Crippen LogP contribution < -0.4 is 10.6 Å².